The van der Waals surface area contributed by atoms with Crippen LogP contribution >= 0.6 is 0 Å². The summed E-state index contributed by atoms with van der Waals surface area (Å²) >= 11 is 0. The van der Waals surface area contributed by atoms with Crippen LogP contribution in [0, 0.1) is 0 Å². The fourth-order valence-electron chi connectivity index (χ4n) is 1.87. The lowest BCUT2D eigenvalue weighted by molar-refractivity contribution is 0.474. The Kier molecular flexibility index (Phi) is 3.34. The number of para-hydroxylation sites is 3. The zero-order chi connectivity index (χ0) is 14.7. The van der Waals surface area contributed by atoms with Crippen molar-refractivity contribution in [3.8, 4) is 5.75 Å². The van der Waals surface area contributed by atoms with Crippen LogP contribution in [0.25, 0.3) is 11.0 Å². The second-order valence-electron chi connectivity index (χ2n) is 4.36. The van der Waals surface area contributed by atoms with E-state index in [4.69, 9.17) is 0 Å². The summed E-state index contributed by atoms with van der Waals surface area (Å²) in [5.41, 5.74) is 4.10. The first-order valence-electron chi connectivity index (χ1n) is 6.30. The van der Waals surface area contributed by atoms with Gasteiger partial charge in [-0.15, -0.1) is 0 Å². The van der Waals surface area contributed by atoms with Crippen LogP contribution in [-0.2, 0) is 0 Å². The number of fused-ring (bicyclic) bond motifs is 1. The van der Waals surface area contributed by atoms with Crippen LogP contribution in [0.1, 0.15) is 5.56 Å². The van der Waals surface area contributed by atoms with E-state index in [9.17, 15) is 9.90 Å². The molecule has 0 aliphatic rings. The number of hydrogen-bond donors (Lipinski definition) is 3. The van der Waals surface area contributed by atoms with E-state index in [2.05, 4.69) is 20.5 Å². The van der Waals surface area contributed by atoms with Gasteiger partial charge in [-0.2, -0.15) is 5.10 Å². The number of H-pyrrole nitrogens is 1. The SMILES string of the molecule is O=c1[nH]c2ccccc2nc1NN=Cc1ccccc1O. The number of anilines is 1. The maximum Gasteiger partial charge on any atom is 0.293 e. The molecular formula is C15H12N4O2. The largest absolute Gasteiger partial charge is 0.507 e. The van der Waals surface area contributed by atoms with Gasteiger partial charge in [-0.05, 0) is 24.3 Å². The van der Waals surface area contributed by atoms with Gasteiger partial charge in [0.2, 0.25) is 5.82 Å². The van der Waals surface area contributed by atoms with Crippen molar-refractivity contribution in [2.45, 2.75) is 0 Å². The summed E-state index contributed by atoms with van der Waals surface area (Å²) in [7, 11) is 0. The van der Waals surface area contributed by atoms with Gasteiger partial charge in [0.1, 0.15) is 5.75 Å². The molecule has 6 heteroatoms. The molecule has 6 nitrogen and oxygen atoms in total. The highest BCUT2D eigenvalue weighted by atomic mass is 16.3. The predicted octanol–water partition coefficient (Wildman–Crippen LogP) is 2.07. The molecule has 0 fully saturated rings. The van der Waals surface area contributed by atoms with Gasteiger partial charge in [0.05, 0.1) is 17.2 Å². The lowest BCUT2D eigenvalue weighted by atomic mass is 10.2. The first-order chi connectivity index (χ1) is 10.2. The van der Waals surface area contributed by atoms with Crippen LogP contribution in [0.15, 0.2) is 58.4 Å². The molecule has 1 aromatic heterocycles. The third kappa shape index (κ3) is 2.74. The van der Waals surface area contributed by atoms with Crippen LogP contribution in [0.3, 0.4) is 0 Å². The molecule has 0 radical (unpaired) electrons. The molecule has 0 amide bonds. The third-order valence-electron chi connectivity index (χ3n) is 2.91. The van der Waals surface area contributed by atoms with Gasteiger partial charge < -0.3 is 10.1 Å². The molecular weight excluding hydrogens is 268 g/mol. The molecule has 0 spiro atoms. The first-order valence-corrected chi connectivity index (χ1v) is 6.30. The lowest BCUT2D eigenvalue weighted by Gasteiger charge is -2.01. The number of aromatic nitrogens is 2. The standard InChI is InChI=1S/C15H12N4O2/c20-13-8-4-1-5-10(13)9-16-19-14-15(21)18-12-7-3-2-6-11(12)17-14/h1-9,20H,(H,17,19)(H,18,21). The zero-order valence-corrected chi connectivity index (χ0v) is 10.9. The number of aromatic amines is 1. The van der Waals surface area contributed by atoms with Gasteiger partial charge in [-0.3, -0.25) is 10.2 Å². The van der Waals surface area contributed by atoms with Crippen molar-refractivity contribution in [2.75, 3.05) is 5.43 Å². The number of phenols is 1. The average molecular weight is 280 g/mol. The van der Waals surface area contributed by atoms with Crippen molar-refractivity contribution in [1.82, 2.24) is 9.97 Å². The van der Waals surface area contributed by atoms with Crippen molar-refractivity contribution < 1.29 is 5.11 Å². The maximum absolute atomic E-state index is 11.8. The molecule has 21 heavy (non-hydrogen) atoms. The Morgan fingerprint density at radius 3 is 2.76 bits per heavy atom. The van der Waals surface area contributed by atoms with Gasteiger partial charge in [0, 0.05) is 5.56 Å². The van der Waals surface area contributed by atoms with E-state index < -0.39 is 0 Å². The Hall–Kier alpha value is -3.15. The van der Waals surface area contributed by atoms with E-state index in [1.165, 1.54) is 6.21 Å². The van der Waals surface area contributed by atoms with Crippen LogP contribution in [0.2, 0.25) is 0 Å². The fraction of sp³-hybridized carbons (Fsp3) is 0. The minimum absolute atomic E-state index is 0.0976. The molecule has 3 rings (SSSR count). The molecule has 0 saturated carbocycles. The monoisotopic (exact) mass is 280 g/mol. The van der Waals surface area contributed by atoms with Crippen molar-refractivity contribution >= 4 is 23.1 Å². The molecule has 0 bridgehead atoms. The summed E-state index contributed by atoms with van der Waals surface area (Å²) in [5.74, 6) is 0.212. The molecule has 104 valence electrons. The third-order valence-corrected chi connectivity index (χ3v) is 2.91. The molecule has 0 saturated heterocycles. The highest BCUT2D eigenvalue weighted by Gasteiger charge is 2.02. The number of hydrogen-bond acceptors (Lipinski definition) is 5. The van der Waals surface area contributed by atoms with Gasteiger partial charge in [-0.1, -0.05) is 24.3 Å². The van der Waals surface area contributed by atoms with Crippen LogP contribution < -0.4 is 11.0 Å². The summed E-state index contributed by atoms with van der Waals surface area (Å²) in [5, 5.41) is 13.5. The summed E-state index contributed by atoms with van der Waals surface area (Å²) in [6, 6.07) is 14.0. The van der Waals surface area contributed by atoms with E-state index in [-0.39, 0.29) is 17.1 Å². The number of nitrogens with zero attached hydrogens (tertiary/aromatic N) is 2. The Bertz CT molecular complexity index is 871. The van der Waals surface area contributed by atoms with E-state index in [0.717, 1.165) is 0 Å². The quantitative estimate of drug-likeness (QED) is 0.506. The molecule has 0 unspecified atom stereocenters. The second-order valence-corrected chi connectivity index (χ2v) is 4.36. The van der Waals surface area contributed by atoms with Gasteiger partial charge in [-0.25, -0.2) is 4.98 Å². The lowest BCUT2D eigenvalue weighted by Crippen LogP contribution is -2.13. The molecule has 2 aromatic carbocycles. The molecule has 0 aliphatic heterocycles. The van der Waals surface area contributed by atoms with Crippen molar-refractivity contribution in [2.24, 2.45) is 5.10 Å². The highest BCUT2D eigenvalue weighted by Crippen LogP contribution is 2.13. The predicted molar refractivity (Wildman–Crippen MR) is 81.7 cm³/mol. The van der Waals surface area contributed by atoms with Gasteiger partial charge in [0.15, 0.2) is 0 Å². The van der Waals surface area contributed by atoms with Gasteiger partial charge in [0.25, 0.3) is 5.56 Å². The minimum atomic E-state index is -0.358. The van der Waals surface area contributed by atoms with Crippen molar-refractivity contribution in [1.29, 1.82) is 0 Å². The van der Waals surface area contributed by atoms with E-state index in [0.29, 0.717) is 16.6 Å². The first kappa shape index (κ1) is 12.9. The second kappa shape index (κ2) is 5.46. The Morgan fingerprint density at radius 2 is 1.90 bits per heavy atom. The van der Waals surface area contributed by atoms with Crippen LogP contribution in [-0.4, -0.2) is 21.3 Å². The minimum Gasteiger partial charge on any atom is -0.507 e. The number of hydrazone groups is 1. The highest BCUT2D eigenvalue weighted by molar-refractivity contribution is 5.83. The number of benzene rings is 2. The van der Waals surface area contributed by atoms with E-state index >= 15 is 0 Å². The normalized spacial score (nSPS) is 11.0. The smallest absolute Gasteiger partial charge is 0.293 e. The number of rotatable bonds is 3. The summed E-state index contributed by atoms with van der Waals surface area (Å²) in [4.78, 5) is 18.8. The number of phenolic OH excluding ortho intramolecular Hbond substituents is 1. The Balaban J connectivity index is 1.87. The molecule has 3 aromatic rings. The van der Waals surface area contributed by atoms with Crippen LogP contribution in [0.4, 0.5) is 5.82 Å². The fourth-order valence-corrected chi connectivity index (χ4v) is 1.87. The van der Waals surface area contributed by atoms with Crippen molar-refractivity contribution in [3.63, 3.8) is 0 Å². The number of aromatic hydroxyl groups is 1. The summed E-state index contributed by atoms with van der Waals surface area (Å²) in [6.07, 6.45) is 1.42. The molecule has 1 heterocycles. The van der Waals surface area contributed by atoms with E-state index in [1.54, 1.807) is 36.4 Å². The average Bonchev–Trinajstić information content (AvgIpc) is 2.49. The summed E-state index contributed by atoms with van der Waals surface area (Å²) < 4.78 is 0. The van der Waals surface area contributed by atoms with Crippen LogP contribution in [0.5, 0.6) is 5.75 Å². The van der Waals surface area contributed by atoms with Gasteiger partial charge >= 0.3 is 0 Å². The summed E-state index contributed by atoms with van der Waals surface area (Å²) in [6.45, 7) is 0. The molecule has 0 aliphatic carbocycles. The zero-order valence-electron chi connectivity index (χ0n) is 10.9. The van der Waals surface area contributed by atoms with E-state index in [1.807, 2.05) is 12.1 Å². The molecule has 3 N–H and O–H groups in total. The Morgan fingerprint density at radius 1 is 1.14 bits per heavy atom. The maximum atomic E-state index is 11.8. The topological polar surface area (TPSA) is 90.4 Å². The number of nitrogens with one attached hydrogen (secondary N) is 2. The Labute approximate surface area is 119 Å². The molecule has 0 atom stereocenters. The van der Waals surface area contributed by atoms with Crippen molar-refractivity contribution in [3.05, 3.63) is 64.4 Å².